The Kier molecular flexibility index (Phi) is 5.65. The third kappa shape index (κ3) is 4.77. The number of alkyl halides is 3. The van der Waals surface area contributed by atoms with Gasteiger partial charge in [-0.05, 0) is 24.3 Å². The number of benzene rings is 2. The highest BCUT2D eigenvalue weighted by Crippen LogP contribution is 2.34. The number of piperazine rings is 1. The average Bonchev–Trinajstić information content (AvgIpc) is 2.62. The molecular formula is C19H19F4N3O. The monoisotopic (exact) mass is 381 g/mol. The number of carbonyl (C=O) groups excluding carboxylic acids is 1. The van der Waals surface area contributed by atoms with Gasteiger partial charge in [0.15, 0.2) is 0 Å². The van der Waals surface area contributed by atoms with Gasteiger partial charge in [0.2, 0.25) is 5.91 Å². The topological polar surface area (TPSA) is 35.6 Å². The van der Waals surface area contributed by atoms with E-state index in [9.17, 15) is 22.4 Å². The number of halogens is 4. The molecular weight excluding hydrogens is 362 g/mol. The molecule has 1 N–H and O–H groups in total. The van der Waals surface area contributed by atoms with Gasteiger partial charge in [0.25, 0.3) is 0 Å². The van der Waals surface area contributed by atoms with Crippen LogP contribution in [-0.2, 0) is 11.0 Å². The van der Waals surface area contributed by atoms with Gasteiger partial charge in [0, 0.05) is 26.2 Å². The van der Waals surface area contributed by atoms with E-state index in [0.29, 0.717) is 31.9 Å². The van der Waals surface area contributed by atoms with E-state index in [2.05, 4.69) is 5.32 Å². The SMILES string of the molecule is O=C(CN1CCN(c2ccccc2F)CC1)Nc1ccccc1C(F)(F)F. The lowest BCUT2D eigenvalue weighted by atomic mass is 10.1. The molecule has 0 unspecified atom stereocenters. The smallest absolute Gasteiger partial charge is 0.367 e. The second kappa shape index (κ2) is 7.96. The Hall–Kier alpha value is -2.61. The number of rotatable bonds is 4. The van der Waals surface area contributed by atoms with E-state index >= 15 is 0 Å². The molecule has 8 heteroatoms. The van der Waals surface area contributed by atoms with E-state index in [1.807, 2.05) is 9.80 Å². The minimum absolute atomic E-state index is 0.0166. The van der Waals surface area contributed by atoms with E-state index in [0.717, 1.165) is 6.07 Å². The van der Waals surface area contributed by atoms with Crippen LogP contribution in [0.2, 0.25) is 0 Å². The summed E-state index contributed by atoms with van der Waals surface area (Å²) in [4.78, 5) is 15.9. The molecule has 0 aromatic heterocycles. The van der Waals surface area contributed by atoms with Crippen molar-refractivity contribution in [2.75, 3.05) is 42.9 Å². The number of carbonyl (C=O) groups is 1. The zero-order chi connectivity index (χ0) is 19.4. The van der Waals surface area contributed by atoms with Crippen LogP contribution in [0.25, 0.3) is 0 Å². The Bertz CT molecular complexity index is 802. The molecule has 1 amide bonds. The lowest BCUT2D eigenvalue weighted by Gasteiger charge is -2.35. The molecule has 4 nitrogen and oxygen atoms in total. The summed E-state index contributed by atoms with van der Waals surface area (Å²) in [6.07, 6.45) is -4.53. The van der Waals surface area contributed by atoms with Crippen molar-refractivity contribution in [1.29, 1.82) is 0 Å². The predicted molar refractivity (Wildman–Crippen MR) is 95.1 cm³/mol. The normalized spacial score (nSPS) is 15.6. The van der Waals surface area contributed by atoms with E-state index < -0.39 is 17.6 Å². The quantitative estimate of drug-likeness (QED) is 0.822. The summed E-state index contributed by atoms with van der Waals surface area (Å²) in [5, 5.41) is 2.34. The first-order valence-corrected chi connectivity index (χ1v) is 8.52. The maximum absolute atomic E-state index is 13.8. The molecule has 27 heavy (non-hydrogen) atoms. The summed E-state index contributed by atoms with van der Waals surface area (Å²) in [5.41, 5.74) is -0.608. The molecule has 0 atom stereocenters. The van der Waals surface area contributed by atoms with Crippen molar-refractivity contribution in [1.82, 2.24) is 4.90 Å². The summed E-state index contributed by atoms with van der Waals surface area (Å²) < 4.78 is 52.8. The Labute approximate surface area is 154 Å². The fourth-order valence-corrected chi connectivity index (χ4v) is 3.09. The van der Waals surface area contributed by atoms with Crippen LogP contribution in [0, 0.1) is 5.82 Å². The van der Waals surface area contributed by atoms with E-state index in [4.69, 9.17) is 0 Å². The minimum Gasteiger partial charge on any atom is -0.367 e. The zero-order valence-electron chi connectivity index (χ0n) is 14.5. The fourth-order valence-electron chi connectivity index (χ4n) is 3.09. The van der Waals surface area contributed by atoms with Crippen molar-refractivity contribution in [3.8, 4) is 0 Å². The minimum atomic E-state index is -4.53. The lowest BCUT2D eigenvalue weighted by Crippen LogP contribution is -2.49. The number of amides is 1. The average molecular weight is 381 g/mol. The highest BCUT2D eigenvalue weighted by atomic mass is 19.4. The first kappa shape index (κ1) is 19.2. The van der Waals surface area contributed by atoms with Gasteiger partial charge in [0.05, 0.1) is 23.5 Å². The van der Waals surface area contributed by atoms with Crippen LogP contribution in [0.1, 0.15) is 5.56 Å². The molecule has 1 heterocycles. The third-order valence-corrected chi connectivity index (χ3v) is 4.44. The van der Waals surface area contributed by atoms with Gasteiger partial charge in [-0.25, -0.2) is 4.39 Å². The van der Waals surface area contributed by atoms with Gasteiger partial charge >= 0.3 is 6.18 Å². The molecule has 2 aromatic carbocycles. The van der Waals surface area contributed by atoms with Crippen LogP contribution in [-0.4, -0.2) is 43.5 Å². The molecule has 0 bridgehead atoms. The van der Waals surface area contributed by atoms with Gasteiger partial charge < -0.3 is 10.2 Å². The van der Waals surface area contributed by atoms with Crippen LogP contribution >= 0.6 is 0 Å². The van der Waals surface area contributed by atoms with E-state index in [1.165, 1.54) is 24.3 Å². The second-order valence-electron chi connectivity index (χ2n) is 6.31. The van der Waals surface area contributed by atoms with Gasteiger partial charge in [-0.3, -0.25) is 9.69 Å². The fraction of sp³-hybridized carbons (Fsp3) is 0.316. The number of hydrogen-bond acceptors (Lipinski definition) is 3. The van der Waals surface area contributed by atoms with E-state index in [-0.39, 0.29) is 18.0 Å². The molecule has 144 valence electrons. The second-order valence-corrected chi connectivity index (χ2v) is 6.31. The molecule has 3 rings (SSSR count). The largest absolute Gasteiger partial charge is 0.418 e. The Morgan fingerprint density at radius 1 is 0.963 bits per heavy atom. The predicted octanol–water partition coefficient (Wildman–Crippen LogP) is 3.61. The van der Waals surface area contributed by atoms with Gasteiger partial charge in [-0.15, -0.1) is 0 Å². The van der Waals surface area contributed by atoms with Crippen molar-refractivity contribution < 1.29 is 22.4 Å². The van der Waals surface area contributed by atoms with Gasteiger partial charge in [-0.2, -0.15) is 13.2 Å². The highest BCUT2D eigenvalue weighted by molar-refractivity contribution is 5.93. The van der Waals surface area contributed by atoms with Crippen molar-refractivity contribution in [3.05, 3.63) is 59.9 Å². The highest BCUT2D eigenvalue weighted by Gasteiger charge is 2.33. The standard InChI is InChI=1S/C19H19F4N3O/c20-15-6-2-4-8-17(15)26-11-9-25(10-12-26)13-18(27)24-16-7-3-1-5-14(16)19(21,22)23/h1-8H,9-13H2,(H,24,27). The molecule has 0 radical (unpaired) electrons. The summed E-state index contributed by atoms with van der Waals surface area (Å²) >= 11 is 0. The summed E-state index contributed by atoms with van der Waals surface area (Å²) in [7, 11) is 0. The number of hydrogen-bond donors (Lipinski definition) is 1. The molecule has 0 spiro atoms. The van der Waals surface area contributed by atoms with Crippen molar-refractivity contribution in [2.24, 2.45) is 0 Å². The Morgan fingerprint density at radius 2 is 1.59 bits per heavy atom. The third-order valence-electron chi connectivity index (χ3n) is 4.44. The first-order valence-electron chi connectivity index (χ1n) is 8.52. The van der Waals surface area contributed by atoms with Crippen LogP contribution in [0.5, 0.6) is 0 Å². The molecule has 2 aromatic rings. The lowest BCUT2D eigenvalue weighted by molar-refractivity contribution is -0.137. The van der Waals surface area contributed by atoms with Gasteiger partial charge in [0.1, 0.15) is 5.82 Å². The van der Waals surface area contributed by atoms with Crippen LogP contribution in [0.4, 0.5) is 28.9 Å². The maximum Gasteiger partial charge on any atom is 0.418 e. The molecule has 1 aliphatic heterocycles. The number of nitrogens with zero attached hydrogens (tertiary/aromatic N) is 2. The first-order chi connectivity index (χ1) is 12.8. The van der Waals surface area contributed by atoms with Crippen LogP contribution in [0.15, 0.2) is 48.5 Å². The molecule has 0 aliphatic carbocycles. The summed E-state index contributed by atoms with van der Waals surface area (Å²) in [6.45, 7) is 2.09. The molecule has 0 saturated carbocycles. The molecule has 1 fully saturated rings. The summed E-state index contributed by atoms with van der Waals surface area (Å²) in [5.74, 6) is -0.807. The number of nitrogens with one attached hydrogen (secondary N) is 1. The Morgan fingerprint density at radius 3 is 2.26 bits per heavy atom. The van der Waals surface area contributed by atoms with Gasteiger partial charge in [-0.1, -0.05) is 24.3 Å². The zero-order valence-corrected chi connectivity index (χ0v) is 14.5. The number of para-hydroxylation sites is 2. The van der Waals surface area contributed by atoms with E-state index in [1.54, 1.807) is 18.2 Å². The molecule has 1 saturated heterocycles. The van der Waals surface area contributed by atoms with Crippen molar-refractivity contribution in [3.63, 3.8) is 0 Å². The number of anilines is 2. The van der Waals surface area contributed by atoms with Crippen LogP contribution in [0.3, 0.4) is 0 Å². The summed E-state index contributed by atoms with van der Waals surface area (Å²) in [6, 6.07) is 11.4. The Balaban J connectivity index is 1.56. The van der Waals surface area contributed by atoms with Crippen molar-refractivity contribution in [2.45, 2.75) is 6.18 Å². The van der Waals surface area contributed by atoms with Crippen LogP contribution < -0.4 is 10.2 Å². The maximum atomic E-state index is 13.8. The molecule has 1 aliphatic rings. The van der Waals surface area contributed by atoms with Crippen molar-refractivity contribution >= 4 is 17.3 Å².